The van der Waals surface area contributed by atoms with Crippen molar-refractivity contribution in [2.45, 2.75) is 19.6 Å². The van der Waals surface area contributed by atoms with Gasteiger partial charge < -0.3 is 20.1 Å². The van der Waals surface area contributed by atoms with Gasteiger partial charge in [-0.05, 0) is 37.3 Å². The van der Waals surface area contributed by atoms with Crippen molar-refractivity contribution in [3.05, 3.63) is 53.9 Å². The molecule has 2 aromatic heterocycles. The average Bonchev–Trinajstić information content (AvgIpc) is 3.13. The van der Waals surface area contributed by atoms with Crippen LogP contribution in [-0.2, 0) is 12.7 Å². The van der Waals surface area contributed by atoms with Gasteiger partial charge in [0.1, 0.15) is 11.5 Å². The van der Waals surface area contributed by atoms with Crippen LogP contribution in [0, 0.1) is 0 Å². The summed E-state index contributed by atoms with van der Waals surface area (Å²) in [6.07, 6.45) is -2.92. The number of aryl methyl sites for hydroxylation is 1. The van der Waals surface area contributed by atoms with Crippen molar-refractivity contribution in [3.63, 3.8) is 0 Å². The highest BCUT2D eigenvalue weighted by molar-refractivity contribution is 6.06. The van der Waals surface area contributed by atoms with Crippen LogP contribution in [0.15, 0.2) is 42.6 Å². The molecule has 0 spiro atoms. The van der Waals surface area contributed by atoms with Crippen molar-refractivity contribution in [3.8, 4) is 0 Å². The summed E-state index contributed by atoms with van der Waals surface area (Å²) in [5, 5.41) is 6.04. The number of carbonyl (C=O) groups excluding carboxylic acids is 1. The van der Waals surface area contributed by atoms with E-state index in [-0.39, 0.29) is 11.1 Å². The summed E-state index contributed by atoms with van der Waals surface area (Å²) >= 11 is 0. The van der Waals surface area contributed by atoms with Gasteiger partial charge in [0.05, 0.1) is 17.4 Å². The van der Waals surface area contributed by atoms with Crippen LogP contribution in [0.3, 0.4) is 0 Å². The Morgan fingerprint density at radius 2 is 1.97 bits per heavy atom. The summed E-state index contributed by atoms with van der Waals surface area (Å²) < 4.78 is 41.7. The molecule has 1 saturated heterocycles. The molecule has 1 fully saturated rings. The molecule has 0 saturated carbocycles. The van der Waals surface area contributed by atoms with Gasteiger partial charge in [-0.3, -0.25) is 4.79 Å². The zero-order chi connectivity index (χ0) is 21.3. The number of fused-ring (bicyclic) bond motifs is 1. The van der Waals surface area contributed by atoms with Crippen molar-refractivity contribution in [1.29, 1.82) is 0 Å². The van der Waals surface area contributed by atoms with Gasteiger partial charge in [-0.2, -0.15) is 13.2 Å². The molecule has 0 bridgehead atoms. The number of halogens is 3. The largest absolute Gasteiger partial charge is 0.417 e. The van der Waals surface area contributed by atoms with Crippen LogP contribution in [-0.4, -0.2) is 41.6 Å². The quantitative estimate of drug-likeness (QED) is 0.679. The predicted molar refractivity (Wildman–Crippen MR) is 110 cm³/mol. The van der Waals surface area contributed by atoms with E-state index in [9.17, 15) is 18.0 Å². The summed E-state index contributed by atoms with van der Waals surface area (Å²) in [5.74, 6) is 0.352. The van der Waals surface area contributed by atoms with Gasteiger partial charge in [0.2, 0.25) is 0 Å². The molecule has 4 rings (SSSR count). The number of nitrogens with zero attached hydrogens (tertiary/aromatic N) is 3. The topological polar surface area (TPSA) is 62.2 Å². The molecule has 1 aliphatic heterocycles. The zero-order valence-corrected chi connectivity index (χ0v) is 16.5. The van der Waals surface area contributed by atoms with E-state index in [4.69, 9.17) is 0 Å². The third kappa shape index (κ3) is 3.85. The van der Waals surface area contributed by atoms with E-state index in [0.29, 0.717) is 17.7 Å². The smallest absolute Gasteiger partial charge is 0.354 e. The SMILES string of the molecule is CCn1c(C(=O)Nc2ccc(N3CCNCC3)nc2)cc2c(C(F)(F)F)cccc21. The summed E-state index contributed by atoms with van der Waals surface area (Å²) in [4.78, 5) is 19.4. The number of benzene rings is 1. The highest BCUT2D eigenvalue weighted by Gasteiger charge is 2.33. The van der Waals surface area contributed by atoms with Gasteiger partial charge in [0.25, 0.3) is 5.91 Å². The van der Waals surface area contributed by atoms with Crippen molar-refractivity contribution in [2.75, 3.05) is 36.4 Å². The lowest BCUT2D eigenvalue weighted by Gasteiger charge is -2.28. The van der Waals surface area contributed by atoms with Gasteiger partial charge in [-0.1, -0.05) is 6.07 Å². The average molecular weight is 417 g/mol. The molecular formula is C21H22F3N5O. The van der Waals surface area contributed by atoms with E-state index in [1.54, 1.807) is 29.8 Å². The number of pyridine rings is 1. The van der Waals surface area contributed by atoms with Gasteiger partial charge in [0.15, 0.2) is 0 Å². The van der Waals surface area contributed by atoms with Crippen molar-refractivity contribution < 1.29 is 18.0 Å². The normalized spacial score (nSPS) is 14.9. The maximum absolute atomic E-state index is 13.4. The highest BCUT2D eigenvalue weighted by atomic mass is 19.4. The molecular weight excluding hydrogens is 395 g/mol. The molecule has 1 amide bonds. The van der Waals surface area contributed by atoms with Gasteiger partial charge >= 0.3 is 6.18 Å². The molecule has 0 radical (unpaired) electrons. The zero-order valence-electron chi connectivity index (χ0n) is 16.5. The molecule has 2 N–H and O–H groups in total. The molecule has 1 aliphatic rings. The Morgan fingerprint density at radius 1 is 1.20 bits per heavy atom. The summed E-state index contributed by atoms with van der Waals surface area (Å²) in [7, 11) is 0. The maximum Gasteiger partial charge on any atom is 0.417 e. The van der Waals surface area contributed by atoms with Gasteiger partial charge in [-0.15, -0.1) is 0 Å². The third-order valence-corrected chi connectivity index (χ3v) is 5.25. The van der Waals surface area contributed by atoms with Crippen LogP contribution in [0.2, 0.25) is 0 Å². The van der Waals surface area contributed by atoms with Crippen molar-refractivity contribution in [1.82, 2.24) is 14.9 Å². The fraction of sp³-hybridized carbons (Fsp3) is 0.333. The summed E-state index contributed by atoms with van der Waals surface area (Å²) in [6, 6.07) is 8.87. The molecule has 0 atom stereocenters. The fourth-order valence-corrected chi connectivity index (χ4v) is 3.80. The number of rotatable bonds is 4. The minimum atomic E-state index is -4.49. The second-order valence-corrected chi connectivity index (χ2v) is 7.11. The standard InChI is InChI=1S/C21H22F3N5O/c1-2-29-17-5-3-4-16(21(22,23)24)15(17)12-18(29)20(30)27-14-6-7-19(26-13-14)28-10-8-25-9-11-28/h3-7,12-13,25H,2,8-11H2,1H3,(H,27,30). The first kappa shape index (κ1) is 20.2. The number of carbonyl (C=O) groups is 1. The maximum atomic E-state index is 13.4. The first-order valence-corrected chi connectivity index (χ1v) is 9.81. The number of nitrogens with one attached hydrogen (secondary N) is 2. The minimum Gasteiger partial charge on any atom is -0.354 e. The number of alkyl halides is 3. The third-order valence-electron chi connectivity index (χ3n) is 5.25. The molecule has 30 heavy (non-hydrogen) atoms. The van der Waals surface area contributed by atoms with E-state index in [1.807, 2.05) is 6.07 Å². The summed E-state index contributed by atoms with van der Waals surface area (Å²) in [6.45, 7) is 5.66. The molecule has 3 heterocycles. The number of anilines is 2. The van der Waals surface area contributed by atoms with Crippen molar-refractivity contribution in [2.24, 2.45) is 0 Å². The van der Waals surface area contributed by atoms with E-state index < -0.39 is 17.6 Å². The van der Waals surface area contributed by atoms with E-state index in [0.717, 1.165) is 38.1 Å². The van der Waals surface area contributed by atoms with Gasteiger partial charge in [0, 0.05) is 43.6 Å². The predicted octanol–water partition coefficient (Wildman–Crippen LogP) is 3.74. The Hall–Kier alpha value is -3.07. The van der Waals surface area contributed by atoms with E-state index in [2.05, 4.69) is 20.5 Å². The van der Waals surface area contributed by atoms with E-state index >= 15 is 0 Å². The fourth-order valence-electron chi connectivity index (χ4n) is 3.80. The number of piperazine rings is 1. The van der Waals surface area contributed by atoms with Crippen LogP contribution in [0.25, 0.3) is 10.9 Å². The Labute approximate surface area is 171 Å². The number of hydrogen-bond donors (Lipinski definition) is 2. The molecule has 6 nitrogen and oxygen atoms in total. The van der Waals surface area contributed by atoms with Crippen LogP contribution in [0.4, 0.5) is 24.7 Å². The second kappa shape index (κ2) is 7.98. The lowest BCUT2D eigenvalue weighted by atomic mass is 10.1. The molecule has 3 aromatic rings. The molecule has 158 valence electrons. The minimum absolute atomic E-state index is 0.0178. The lowest BCUT2D eigenvalue weighted by molar-refractivity contribution is -0.136. The Bertz CT molecular complexity index is 1050. The molecule has 0 unspecified atom stereocenters. The van der Waals surface area contributed by atoms with Crippen LogP contribution >= 0.6 is 0 Å². The second-order valence-electron chi connectivity index (χ2n) is 7.11. The molecule has 1 aromatic carbocycles. The van der Waals surface area contributed by atoms with Crippen LogP contribution in [0.5, 0.6) is 0 Å². The molecule has 9 heteroatoms. The van der Waals surface area contributed by atoms with Crippen LogP contribution in [0.1, 0.15) is 23.0 Å². The monoisotopic (exact) mass is 417 g/mol. The first-order valence-electron chi connectivity index (χ1n) is 9.81. The molecule has 0 aliphatic carbocycles. The van der Waals surface area contributed by atoms with Crippen LogP contribution < -0.4 is 15.5 Å². The number of amides is 1. The lowest BCUT2D eigenvalue weighted by Crippen LogP contribution is -2.43. The Balaban J connectivity index is 1.60. The summed E-state index contributed by atoms with van der Waals surface area (Å²) in [5.41, 5.74) is 0.297. The highest BCUT2D eigenvalue weighted by Crippen LogP contribution is 2.36. The van der Waals surface area contributed by atoms with E-state index in [1.165, 1.54) is 12.1 Å². The van der Waals surface area contributed by atoms with Gasteiger partial charge in [-0.25, -0.2) is 4.98 Å². The van der Waals surface area contributed by atoms with Crippen molar-refractivity contribution >= 4 is 28.3 Å². The Kier molecular flexibility index (Phi) is 5.38. The first-order chi connectivity index (χ1) is 14.4. The number of hydrogen-bond acceptors (Lipinski definition) is 4. The Morgan fingerprint density at radius 3 is 2.60 bits per heavy atom. The number of aromatic nitrogens is 2.